The number of halogens is 2. The number of anilines is 1. The summed E-state index contributed by atoms with van der Waals surface area (Å²) in [5.41, 5.74) is 0.344. The molecule has 2 aromatic carbocycles. The minimum Gasteiger partial charge on any atom is -0.495 e. The Kier molecular flexibility index (Phi) is 9.91. The number of carbonyl (C=O) groups is 2. The van der Waals surface area contributed by atoms with E-state index < -0.39 is 40.2 Å². The van der Waals surface area contributed by atoms with Crippen molar-refractivity contribution in [3.63, 3.8) is 0 Å². The number of sulfonamides is 1. The number of hydrogen-bond donors (Lipinski definition) is 1. The second-order valence-corrected chi connectivity index (χ2v) is 10.5. The maximum Gasteiger partial charge on any atom is 0.244 e. The number of rotatable bonds is 11. The number of carbonyl (C=O) groups excluding carboxylic acids is 2. The first-order chi connectivity index (χ1) is 16.4. The van der Waals surface area contributed by atoms with Gasteiger partial charge in [0.15, 0.2) is 0 Å². The zero-order chi connectivity index (χ0) is 26.3. The molecule has 2 amide bonds. The molecule has 0 fully saturated rings. The van der Waals surface area contributed by atoms with Crippen LogP contribution >= 0.6 is 11.6 Å². The molecule has 2 rings (SSSR count). The fourth-order valence-electron chi connectivity index (χ4n) is 3.28. The molecule has 2 aromatic rings. The summed E-state index contributed by atoms with van der Waals surface area (Å²) in [5.74, 6) is -1.31. The molecule has 0 saturated carbocycles. The Hall–Kier alpha value is -2.85. The molecule has 0 aliphatic carbocycles. The first-order valence-corrected chi connectivity index (χ1v) is 13.3. The van der Waals surface area contributed by atoms with E-state index in [4.69, 9.17) is 16.3 Å². The van der Waals surface area contributed by atoms with Crippen molar-refractivity contribution >= 4 is 39.1 Å². The monoisotopic (exact) mass is 527 g/mol. The second kappa shape index (κ2) is 12.2. The van der Waals surface area contributed by atoms with Gasteiger partial charge in [0, 0.05) is 18.2 Å². The second-order valence-electron chi connectivity index (χ2n) is 8.20. The number of nitrogens with one attached hydrogen (secondary N) is 1. The van der Waals surface area contributed by atoms with Crippen LogP contribution in [0.2, 0.25) is 5.02 Å². The van der Waals surface area contributed by atoms with Gasteiger partial charge in [-0.2, -0.15) is 0 Å². The van der Waals surface area contributed by atoms with Crippen molar-refractivity contribution in [3.05, 3.63) is 58.9 Å². The Morgan fingerprint density at radius 1 is 1.17 bits per heavy atom. The van der Waals surface area contributed by atoms with Crippen LogP contribution in [0.5, 0.6) is 5.75 Å². The Morgan fingerprint density at radius 2 is 1.83 bits per heavy atom. The highest BCUT2D eigenvalue weighted by atomic mass is 35.5. The van der Waals surface area contributed by atoms with Crippen LogP contribution in [0.15, 0.2) is 42.5 Å². The first-order valence-electron chi connectivity index (χ1n) is 11.0. The molecule has 0 spiro atoms. The van der Waals surface area contributed by atoms with Gasteiger partial charge >= 0.3 is 0 Å². The summed E-state index contributed by atoms with van der Waals surface area (Å²) in [6.45, 7) is 4.41. The lowest BCUT2D eigenvalue weighted by Gasteiger charge is -2.32. The van der Waals surface area contributed by atoms with Crippen molar-refractivity contribution in [2.45, 2.75) is 45.8 Å². The van der Waals surface area contributed by atoms with Crippen LogP contribution < -0.4 is 14.4 Å². The van der Waals surface area contributed by atoms with Gasteiger partial charge in [-0.15, -0.1) is 0 Å². The van der Waals surface area contributed by atoms with Crippen molar-refractivity contribution < 1.29 is 27.1 Å². The number of methoxy groups -OCH3 is 1. The van der Waals surface area contributed by atoms with Gasteiger partial charge in [-0.3, -0.25) is 13.9 Å². The lowest BCUT2D eigenvalue weighted by molar-refractivity contribution is -0.139. The van der Waals surface area contributed by atoms with Gasteiger partial charge in [0.25, 0.3) is 0 Å². The number of ether oxygens (including phenoxy) is 1. The number of benzene rings is 2. The van der Waals surface area contributed by atoms with Gasteiger partial charge in [0.2, 0.25) is 21.8 Å². The molecule has 2 atom stereocenters. The topological polar surface area (TPSA) is 96.0 Å². The van der Waals surface area contributed by atoms with E-state index in [1.807, 2.05) is 13.8 Å². The molecule has 0 unspecified atom stereocenters. The molecule has 11 heteroatoms. The predicted molar refractivity (Wildman–Crippen MR) is 135 cm³/mol. The van der Waals surface area contributed by atoms with E-state index in [1.165, 1.54) is 55.3 Å². The Morgan fingerprint density at radius 3 is 2.37 bits per heavy atom. The van der Waals surface area contributed by atoms with Crippen LogP contribution in [0.25, 0.3) is 0 Å². The van der Waals surface area contributed by atoms with Crippen LogP contribution in [0.3, 0.4) is 0 Å². The first kappa shape index (κ1) is 28.4. The van der Waals surface area contributed by atoms with E-state index >= 15 is 0 Å². The standard InChI is InChI=1S/C24H31ClFN3O5S/c1-6-16(2)27-24(31)17(3)28(14-18-9-7-8-10-21(18)26)23(30)15-29(35(5,32)33)19-11-12-22(34-4)20(25)13-19/h7-13,16-17H,6,14-15H2,1-5H3,(H,27,31)/t16-,17-/m1/s1. The highest BCUT2D eigenvalue weighted by Crippen LogP contribution is 2.30. The average Bonchev–Trinajstić information content (AvgIpc) is 2.80. The van der Waals surface area contributed by atoms with Crippen molar-refractivity contribution in [1.82, 2.24) is 10.2 Å². The zero-order valence-electron chi connectivity index (χ0n) is 20.4. The van der Waals surface area contributed by atoms with Crippen LogP contribution in [0.1, 0.15) is 32.8 Å². The zero-order valence-corrected chi connectivity index (χ0v) is 22.0. The third-order valence-corrected chi connectivity index (χ3v) is 7.01. The lowest BCUT2D eigenvalue weighted by atomic mass is 10.1. The molecule has 192 valence electrons. The molecule has 0 aromatic heterocycles. The van der Waals surface area contributed by atoms with Crippen LogP contribution in [-0.2, 0) is 26.2 Å². The number of amides is 2. The highest BCUT2D eigenvalue weighted by Gasteiger charge is 2.31. The summed E-state index contributed by atoms with van der Waals surface area (Å²) >= 11 is 6.17. The summed E-state index contributed by atoms with van der Waals surface area (Å²) in [6.07, 6.45) is 1.64. The van der Waals surface area contributed by atoms with E-state index in [1.54, 1.807) is 6.07 Å². The largest absolute Gasteiger partial charge is 0.495 e. The summed E-state index contributed by atoms with van der Waals surface area (Å²) in [5, 5.41) is 2.97. The Balaban J connectivity index is 2.43. The third-order valence-electron chi connectivity index (χ3n) is 5.57. The molecule has 8 nitrogen and oxygen atoms in total. The fourth-order valence-corrected chi connectivity index (χ4v) is 4.38. The van der Waals surface area contributed by atoms with Crippen molar-refractivity contribution in [3.8, 4) is 5.75 Å². The van der Waals surface area contributed by atoms with Gasteiger partial charge in [0.05, 0.1) is 24.1 Å². The van der Waals surface area contributed by atoms with Gasteiger partial charge < -0.3 is 15.0 Å². The molecule has 1 N–H and O–H groups in total. The Bertz CT molecular complexity index is 1160. The third kappa shape index (κ3) is 7.57. The van der Waals surface area contributed by atoms with Crippen LogP contribution in [0, 0.1) is 5.82 Å². The fraction of sp³-hybridized carbons (Fsp3) is 0.417. The van der Waals surface area contributed by atoms with Crippen LogP contribution in [0.4, 0.5) is 10.1 Å². The molecule has 0 aliphatic rings. The van der Waals surface area contributed by atoms with Gasteiger partial charge in [-0.25, -0.2) is 12.8 Å². The molecule has 0 radical (unpaired) electrons. The summed E-state index contributed by atoms with van der Waals surface area (Å²) in [7, 11) is -2.50. The SMILES string of the molecule is CC[C@@H](C)NC(=O)[C@@H](C)N(Cc1ccccc1F)C(=O)CN(c1ccc(OC)c(Cl)c1)S(C)(=O)=O. The van der Waals surface area contributed by atoms with Crippen molar-refractivity contribution in [2.75, 3.05) is 24.2 Å². The smallest absolute Gasteiger partial charge is 0.244 e. The normalized spacial score (nSPS) is 13.0. The quantitative estimate of drug-likeness (QED) is 0.482. The van der Waals surface area contributed by atoms with Crippen molar-refractivity contribution in [2.24, 2.45) is 0 Å². The van der Waals surface area contributed by atoms with Gasteiger partial charge in [-0.05, 0) is 44.5 Å². The van der Waals surface area contributed by atoms with E-state index in [0.29, 0.717) is 12.2 Å². The van der Waals surface area contributed by atoms with Gasteiger partial charge in [-0.1, -0.05) is 36.7 Å². The summed E-state index contributed by atoms with van der Waals surface area (Å²) in [4.78, 5) is 27.5. The maximum absolute atomic E-state index is 14.4. The molecule has 0 bridgehead atoms. The number of hydrogen-bond acceptors (Lipinski definition) is 5. The lowest BCUT2D eigenvalue weighted by Crippen LogP contribution is -2.52. The summed E-state index contributed by atoms with van der Waals surface area (Å²) < 4.78 is 45.6. The maximum atomic E-state index is 14.4. The van der Waals surface area contributed by atoms with E-state index in [2.05, 4.69) is 5.32 Å². The molecule has 35 heavy (non-hydrogen) atoms. The van der Waals surface area contributed by atoms with Crippen molar-refractivity contribution in [1.29, 1.82) is 0 Å². The minimum atomic E-state index is -3.92. The van der Waals surface area contributed by atoms with E-state index in [0.717, 1.165) is 10.6 Å². The average molecular weight is 528 g/mol. The predicted octanol–water partition coefficient (Wildman–Crippen LogP) is 3.59. The molecule has 0 heterocycles. The van der Waals surface area contributed by atoms with E-state index in [9.17, 15) is 22.4 Å². The molecule has 0 aliphatic heterocycles. The Labute approximate surface area is 211 Å². The molecular formula is C24H31ClFN3O5S. The highest BCUT2D eigenvalue weighted by molar-refractivity contribution is 7.92. The molecule has 0 saturated heterocycles. The van der Waals surface area contributed by atoms with Gasteiger partial charge in [0.1, 0.15) is 24.2 Å². The van der Waals surface area contributed by atoms with E-state index in [-0.39, 0.29) is 28.9 Å². The molecular weight excluding hydrogens is 497 g/mol. The summed E-state index contributed by atoms with van der Waals surface area (Å²) in [6, 6.07) is 9.08. The minimum absolute atomic E-state index is 0.135. The van der Waals surface area contributed by atoms with Crippen LogP contribution in [-0.4, -0.2) is 57.1 Å². The number of nitrogens with zero attached hydrogens (tertiary/aromatic N) is 2.